The van der Waals surface area contributed by atoms with Gasteiger partial charge in [-0.25, -0.2) is 0 Å². The average molecular weight is 335 g/mol. The lowest BCUT2D eigenvalue weighted by atomic mass is 9.77. The van der Waals surface area contributed by atoms with Crippen LogP contribution in [0.3, 0.4) is 0 Å². The molecule has 2 aliphatic rings. The van der Waals surface area contributed by atoms with Crippen molar-refractivity contribution in [1.82, 2.24) is 4.90 Å². The van der Waals surface area contributed by atoms with E-state index in [9.17, 15) is 22.8 Å². The number of hydrogen-bond acceptors (Lipinski definition) is 2. The molecule has 0 aromatic rings. The Hall–Kier alpha value is -1.27. The molecule has 0 aromatic carbocycles. The van der Waals surface area contributed by atoms with Crippen molar-refractivity contribution < 1.29 is 27.9 Å². The van der Waals surface area contributed by atoms with Gasteiger partial charge in [-0.3, -0.25) is 9.59 Å². The quantitative estimate of drug-likeness (QED) is 0.856. The van der Waals surface area contributed by atoms with Gasteiger partial charge in [0.1, 0.15) is 0 Å². The Morgan fingerprint density at radius 1 is 1.09 bits per heavy atom. The highest BCUT2D eigenvalue weighted by Gasteiger charge is 2.49. The highest BCUT2D eigenvalue weighted by molar-refractivity contribution is 5.79. The Kier molecular flexibility index (Phi) is 5.92. The third kappa shape index (κ3) is 4.85. The molecular weight excluding hydrogens is 311 g/mol. The molecule has 0 unspecified atom stereocenters. The minimum atomic E-state index is -4.32. The van der Waals surface area contributed by atoms with Crippen molar-refractivity contribution in [2.45, 2.75) is 57.5 Å². The minimum Gasteiger partial charge on any atom is -0.481 e. The average Bonchev–Trinajstić information content (AvgIpc) is 2.51. The fraction of sp³-hybridized carbons (Fsp3) is 0.875. The Balaban J connectivity index is 1.98. The van der Waals surface area contributed by atoms with E-state index >= 15 is 0 Å². The van der Waals surface area contributed by atoms with Gasteiger partial charge >= 0.3 is 12.1 Å². The third-order valence-electron chi connectivity index (χ3n) is 5.10. The summed E-state index contributed by atoms with van der Waals surface area (Å²) in [6, 6.07) is 0. The number of piperidine rings is 1. The predicted molar refractivity (Wildman–Crippen MR) is 77.7 cm³/mol. The molecule has 1 aliphatic carbocycles. The summed E-state index contributed by atoms with van der Waals surface area (Å²) in [6.45, 7) is 0.886. The molecule has 132 valence electrons. The first kappa shape index (κ1) is 18.1. The number of carbonyl (C=O) groups is 2. The maximum atomic E-state index is 13.2. The van der Waals surface area contributed by atoms with Gasteiger partial charge in [0, 0.05) is 25.4 Å². The molecule has 2 fully saturated rings. The van der Waals surface area contributed by atoms with Crippen molar-refractivity contribution in [3.05, 3.63) is 0 Å². The normalized spacial score (nSPS) is 29.3. The van der Waals surface area contributed by atoms with Gasteiger partial charge in [0.15, 0.2) is 0 Å². The van der Waals surface area contributed by atoms with E-state index in [1.807, 2.05) is 0 Å². The summed E-state index contributed by atoms with van der Waals surface area (Å²) in [5, 5.41) is 8.74. The number of carboxylic acids is 1. The van der Waals surface area contributed by atoms with Gasteiger partial charge in [0.05, 0.1) is 5.92 Å². The second-order valence-electron chi connectivity index (χ2n) is 6.76. The highest BCUT2D eigenvalue weighted by Crippen LogP contribution is 2.42. The zero-order valence-electron chi connectivity index (χ0n) is 13.1. The maximum absolute atomic E-state index is 13.2. The van der Waals surface area contributed by atoms with Crippen LogP contribution < -0.4 is 0 Å². The molecule has 2 rings (SSSR count). The van der Waals surface area contributed by atoms with Crippen molar-refractivity contribution >= 4 is 11.9 Å². The number of aliphatic carboxylic acids is 1. The van der Waals surface area contributed by atoms with Gasteiger partial charge in [-0.1, -0.05) is 12.8 Å². The van der Waals surface area contributed by atoms with Crippen LogP contribution in [0.1, 0.15) is 51.4 Å². The molecule has 0 aromatic heterocycles. The van der Waals surface area contributed by atoms with Crippen LogP contribution in [0.5, 0.6) is 0 Å². The number of halogens is 3. The van der Waals surface area contributed by atoms with Crippen LogP contribution in [0.4, 0.5) is 13.2 Å². The third-order valence-corrected chi connectivity index (χ3v) is 5.10. The van der Waals surface area contributed by atoms with Crippen molar-refractivity contribution in [2.24, 2.45) is 17.8 Å². The molecule has 1 aliphatic heterocycles. The summed E-state index contributed by atoms with van der Waals surface area (Å²) in [4.78, 5) is 24.8. The van der Waals surface area contributed by atoms with Crippen LogP contribution in [0.2, 0.25) is 0 Å². The molecule has 0 spiro atoms. The standard InChI is InChI=1S/C16H24F3NO3/c17-16(18,19)13-6-2-1-5-12(13)15(23)20-9-3-4-11(10-20)7-8-14(21)22/h11-13H,1-10H2,(H,21,22)/t11-,12+,13+/m0/s1. The Labute approximate surface area is 134 Å². The lowest BCUT2D eigenvalue weighted by Gasteiger charge is -2.39. The zero-order valence-corrected chi connectivity index (χ0v) is 13.1. The fourth-order valence-corrected chi connectivity index (χ4v) is 3.88. The minimum absolute atomic E-state index is 0.0379. The van der Waals surface area contributed by atoms with Gasteiger partial charge in [-0.2, -0.15) is 13.2 Å². The summed E-state index contributed by atoms with van der Waals surface area (Å²) < 4.78 is 39.5. The molecular formula is C16H24F3NO3. The summed E-state index contributed by atoms with van der Waals surface area (Å²) >= 11 is 0. The Bertz CT molecular complexity index is 439. The predicted octanol–water partition coefficient (Wildman–Crippen LogP) is 3.46. The van der Waals surface area contributed by atoms with Crippen LogP contribution in [0.25, 0.3) is 0 Å². The second kappa shape index (κ2) is 7.53. The molecule has 23 heavy (non-hydrogen) atoms. The summed E-state index contributed by atoms with van der Waals surface area (Å²) in [5.74, 6) is -3.66. The van der Waals surface area contributed by atoms with E-state index in [1.54, 1.807) is 4.90 Å². The monoisotopic (exact) mass is 335 g/mol. The van der Waals surface area contributed by atoms with Gasteiger partial charge in [0.2, 0.25) is 5.91 Å². The number of carboxylic acid groups (broad SMARTS) is 1. The number of carbonyl (C=O) groups excluding carboxylic acids is 1. The molecule has 3 atom stereocenters. The van der Waals surface area contributed by atoms with Crippen LogP contribution >= 0.6 is 0 Å². The van der Waals surface area contributed by atoms with Crippen molar-refractivity contribution in [2.75, 3.05) is 13.1 Å². The van der Waals surface area contributed by atoms with E-state index in [-0.39, 0.29) is 24.7 Å². The first-order valence-corrected chi connectivity index (χ1v) is 8.36. The van der Waals surface area contributed by atoms with E-state index in [0.29, 0.717) is 38.8 Å². The lowest BCUT2D eigenvalue weighted by Crippen LogP contribution is -2.48. The van der Waals surface area contributed by atoms with E-state index in [0.717, 1.165) is 12.8 Å². The van der Waals surface area contributed by atoms with Gasteiger partial charge < -0.3 is 10.0 Å². The van der Waals surface area contributed by atoms with Crippen molar-refractivity contribution in [3.63, 3.8) is 0 Å². The maximum Gasteiger partial charge on any atom is 0.392 e. The highest BCUT2D eigenvalue weighted by atomic mass is 19.4. The number of nitrogens with zero attached hydrogens (tertiary/aromatic N) is 1. The van der Waals surface area contributed by atoms with Crippen LogP contribution in [-0.2, 0) is 9.59 Å². The number of amides is 1. The molecule has 4 nitrogen and oxygen atoms in total. The van der Waals surface area contributed by atoms with Gasteiger partial charge in [0.25, 0.3) is 0 Å². The molecule has 0 radical (unpaired) electrons. The molecule has 1 amide bonds. The van der Waals surface area contributed by atoms with Crippen LogP contribution in [0, 0.1) is 17.8 Å². The lowest BCUT2D eigenvalue weighted by molar-refractivity contribution is -0.201. The smallest absolute Gasteiger partial charge is 0.392 e. The number of alkyl halides is 3. The topological polar surface area (TPSA) is 57.6 Å². The number of rotatable bonds is 4. The molecule has 1 saturated heterocycles. The second-order valence-corrected chi connectivity index (χ2v) is 6.76. The molecule has 7 heteroatoms. The summed E-state index contributed by atoms with van der Waals surface area (Å²) in [6.07, 6.45) is -0.694. The van der Waals surface area contributed by atoms with E-state index in [1.165, 1.54) is 0 Å². The zero-order chi connectivity index (χ0) is 17.0. The number of likely N-dealkylation sites (tertiary alicyclic amines) is 1. The van der Waals surface area contributed by atoms with Crippen molar-refractivity contribution in [3.8, 4) is 0 Å². The summed E-state index contributed by atoms with van der Waals surface area (Å²) in [5.41, 5.74) is 0. The van der Waals surface area contributed by atoms with Crippen LogP contribution in [0.15, 0.2) is 0 Å². The molecule has 0 bridgehead atoms. The largest absolute Gasteiger partial charge is 0.481 e. The first-order valence-electron chi connectivity index (χ1n) is 8.36. The Morgan fingerprint density at radius 3 is 2.43 bits per heavy atom. The fourth-order valence-electron chi connectivity index (χ4n) is 3.88. The van der Waals surface area contributed by atoms with E-state index in [2.05, 4.69) is 0 Å². The van der Waals surface area contributed by atoms with Gasteiger partial charge in [-0.15, -0.1) is 0 Å². The van der Waals surface area contributed by atoms with E-state index in [4.69, 9.17) is 5.11 Å². The Morgan fingerprint density at radius 2 is 1.78 bits per heavy atom. The van der Waals surface area contributed by atoms with Crippen molar-refractivity contribution in [1.29, 1.82) is 0 Å². The first-order chi connectivity index (χ1) is 10.8. The molecule has 1 heterocycles. The molecule has 1 N–H and O–H groups in total. The summed E-state index contributed by atoms with van der Waals surface area (Å²) in [7, 11) is 0. The molecule has 1 saturated carbocycles. The van der Waals surface area contributed by atoms with E-state index < -0.39 is 24.0 Å². The van der Waals surface area contributed by atoms with Crippen LogP contribution in [-0.4, -0.2) is 41.1 Å². The SMILES string of the molecule is O=C(O)CC[C@@H]1CCCN(C(=O)[C@@H]2CCCC[C@H]2C(F)(F)F)C1. The number of hydrogen-bond donors (Lipinski definition) is 1. The van der Waals surface area contributed by atoms with Gasteiger partial charge in [-0.05, 0) is 38.0 Å².